The van der Waals surface area contributed by atoms with E-state index >= 15 is 0 Å². The van der Waals surface area contributed by atoms with E-state index in [2.05, 4.69) is 44.4 Å². The predicted molar refractivity (Wildman–Crippen MR) is 76.8 cm³/mol. The lowest BCUT2D eigenvalue weighted by molar-refractivity contribution is 0.121. The molecule has 17 heavy (non-hydrogen) atoms. The second-order valence-electron chi connectivity index (χ2n) is 4.75. The van der Waals surface area contributed by atoms with Crippen molar-refractivity contribution in [1.82, 2.24) is 0 Å². The molecule has 0 saturated carbocycles. The topological polar surface area (TPSA) is 9.23 Å². The van der Waals surface area contributed by atoms with Crippen molar-refractivity contribution in [2.75, 3.05) is 19.5 Å². The Morgan fingerprint density at radius 3 is 2.76 bits per heavy atom. The summed E-state index contributed by atoms with van der Waals surface area (Å²) >= 11 is 1.80. The van der Waals surface area contributed by atoms with E-state index in [1.165, 1.54) is 16.9 Å². The minimum absolute atomic E-state index is 0.744. The van der Waals surface area contributed by atoms with E-state index in [0.29, 0.717) is 0 Å². The molecule has 0 N–H and O–H groups in total. The monoisotopic (exact) mass is 252 g/mol. The minimum Gasteiger partial charge on any atom is -0.381 e. The summed E-state index contributed by atoms with van der Waals surface area (Å²) in [4.78, 5) is 1.35. The highest BCUT2D eigenvalue weighted by Crippen LogP contribution is 2.16. The lowest BCUT2D eigenvalue weighted by Crippen LogP contribution is -2.01. The van der Waals surface area contributed by atoms with Gasteiger partial charge in [0.2, 0.25) is 0 Å². The Morgan fingerprint density at radius 2 is 2.06 bits per heavy atom. The number of hydrogen-bond acceptors (Lipinski definition) is 2. The van der Waals surface area contributed by atoms with Gasteiger partial charge in [0.25, 0.3) is 0 Å². The van der Waals surface area contributed by atoms with E-state index in [0.717, 1.165) is 32.0 Å². The van der Waals surface area contributed by atoms with Crippen molar-refractivity contribution in [3.63, 3.8) is 0 Å². The van der Waals surface area contributed by atoms with E-state index in [-0.39, 0.29) is 0 Å². The normalized spacial score (nSPS) is 11.1. The van der Waals surface area contributed by atoms with Crippen molar-refractivity contribution in [3.8, 4) is 0 Å². The van der Waals surface area contributed by atoms with Gasteiger partial charge in [-0.15, -0.1) is 11.8 Å². The molecular weight excluding hydrogens is 228 g/mol. The molecule has 0 fully saturated rings. The Balaban J connectivity index is 2.13. The van der Waals surface area contributed by atoms with Gasteiger partial charge in [0.15, 0.2) is 0 Å². The van der Waals surface area contributed by atoms with E-state index in [1.807, 2.05) is 0 Å². The van der Waals surface area contributed by atoms with Gasteiger partial charge in [-0.05, 0) is 49.1 Å². The standard InChI is InChI=1S/C15H24OS/c1-13(2)9-11-16-10-5-7-14-6-4-8-15(12-14)17-3/h4,6,8,12-13H,5,7,9-11H2,1-3H3. The Hall–Kier alpha value is -0.470. The molecule has 0 aliphatic heterocycles. The molecular formula is C15H24OS. The summed E-state index contributed by atoms with van der Waals surface area (Å²) in [6.07, 6.45) is 5.53. The summed E-state index contributed by atoms with van der Waals surface area (Å²) < 4.78 is 5.62. The maximum absolute atomic E-state index is 5.62. The molecule has 0 bridgehead atoms. The zero-order valence-electron chi connectivity index (χ0n) is 11.2. The van der Waals surface area contributed by atoms with Crippen LogP contribution in [0, 0.1) is 5.92 Å². The predicted octanol–water partition coefficient (Wildman–Crippen LogP) is 4.40. The van der Waals surface area contributed by atoms with Crippen LogP contribution in [-0.2, 0) is 11.2 Å². The van der Waals surface area contributed by atoms with E-state index in [1.54, 1.807) is 11.8 Å². The van der Waals surface area contributed by atoms with Crippen LogP contribution in [0.1, 0.15) is 32.3 Å². The van der Waals surface area contributed by atoms with Crippen LogP contribution in [0.4, 0.5) is 0 Å². The van der Waals surface area contributed by atoms with Crippen molar-refractivity contribution in [2.24, 2.45) is 5.92 Å². The molecule has 0 saturated heterocycles. The molecule has 0 aromatic heterocycles. The maximum Gasteiger partial charge on any atom is 0.0469 e. The van der Waals surface area contributed by atoms with E-state index < -0.39 is 0 Å². The molecule has 0 unspecified atom stereocenters. The molecule has 1 rings (SSSR count). The largest absolute Gasteiger partial charge is 0.381 e. The van der Waals surface area contributed by atoms with Crippen molar-refractivity contribution < 1.29 is 4.74 Å². The second kappa shape index (κ2) is 8.60. The first-order valence-electron chi connectivity index (χ1n) is 6.43. The van der Waals surface area contributed by atoms with Gasteiger partial charge in [-0.2, -0.15) is 0 Å². The van der Waals surface area contributed by atoms with Gasteiger partial charge in [-0.3, -0.25) is 0 Å². The average molecular weight is 252 g/mol. The fourth-order valence-electron chi connectivity index (χ4n) is 1.63. The van der Waals surface area contributed by atoms with Gasteiger partial charge < -0.3 is 4.74 Å². The van der Waals surface area contributed by atoms with Crippen LogP contribution in [-0.4, -0.2) is 19.5 Å². The summed E-state index contributed by atoms with van der Waals surface area (Å²) in [5.74, 6) is 0.744. The Labute approximate surface area is 110 Å². The SMILES string of the molecule is CSc1cccc(CCCOCCC(C)C)c1. The Bertz CT molecular complexity index is 310. The fourth-order valence-corrected chi connectivity index (χ4v) is 2.11. The lowest BCUT2D eigenvalue weighted by Gasteiger charge is -2.07. The highest BCUT2D eigenvalue weighted by atomic mass is 32.2. The van der Waals surface area contributed by atoms with Crippen LogP contribution in [0.15, 0.2) is 29.2 Å². The third-order valence-corrected chi connectivity index (χ3v) is 3.45. The number of rotatable bonds is 8. The molecule has 0 spiro atoms. The number of hydrogen-bond donors (Lipinski definition) is 0. The average Bonchev–Trinajstić information content (AvgIpc) is 2.33. The molecule has 0 amide bonds. The molecule has 0 heterocycles. The second-order valence-corrected chi connectivity index (χ2v) is 5.63. The van der Waals surface area contributed by atoms with Crippen molar-refractivity contribution in [2.45, 2.75) is 38.0 Å². The van der Waals surface area contributed by atoms with Crippen LogP contribution < -0.4 is 0 Å². The molecule has 0 aliphatic rings. The van der Waals surface area contributed by atoms with Crippen LogP contribution in [0.3, 0.4) is 0 Å². The lowest BCUT2D eigenvalue weighted by atomic mass is 10.1. The van der Waals surface area contributed by atoms with Crippen LogP contribution >= 0.6 is 11.8 Å². The Kier molecular flexibility index (Phi) is 7.38. The van der Waals surface area contributed by atoms with Gasteiger partial charge in [0.05, 0.1) is 0 Å². The number of thioether (sulfide) groups is 1. The highest BCUT2D eigenvalue weighted by molar-refractivity contribution is 7.98. The Morgan fingerprint density at radius 1 is 1.24 bits per heavy atom. The molecule has 0 aliphatic carbocycles. The number of ether oxygens (including phenoxy) is 1. The van der Waals surface area contributed by atoms with Crippen molar-refractivity contribution in [3.05, 3.63) is 29.8 Å². The van der Waals surface area contributed by atoms with Crippen LogP contribution in [0.5, 0.6) is 0 Å². The van der Waals surface area contributed by atoms with Gasteiger partial charge in [0.1, 0.15) is 0 Å². The van der Waals surface area contributed by atoms with E-state index in [9.17, 15) is 0 Å². The number of benzene rings is 1. The van der Waals surface area contributed by atoms with Crippen molar-refractivity contribution >= 4 is 11.8 Å². The quantitative estimate of drug-likeness (QED) is 0.501. The smallest absolute Gasteiger partial charge is 0.0469 e. The first-order chi connectivity index (χ1) is 8.22. The van der Waals surface area contributed by atoms with Gasteiger partial charge in [0, 0.05) is 18.1 Å². The summed E-state index contributed by atoms with van der Waals surface area (Å²) in [6.45, 7) is 6.26. The fraction of sp³-hybridized carbons (Fsp3) is 0.600. The molecule has 96 valence electrons. The third-order valence-electron chi connectivity index (χ3n) is 2.73. The molecule has 1 nitrogen and oxygen atoms in total. The zero-order valence-corrected chi connectivity index (χ0v) is 12.1. The first kappa shape index (κ1) is 14.6. The summed E-state index contributed by atoms with van der Waals surface area (Å²) in [5, 5.41) is 0. The van der Waals surface area contributed by atoms with Crippen LogP contribution in [0.2, 0.25) is 0 Å². The minimum atomic E-state index is 0.744. The maximum atomic E-state index is 5.62. The third kappa shape index (κ3) is 6.75. The first-order valence-corrected chi connectivity index (χ1v) is 7.65. The summed E-state index contributed by atoms with van der Waals surface area (Å²) in [5.41, 5.74) is 1.42. The zero-order chi connectivity index (χ0) is 12.5. The molecule has 0 atom stereocenters. The van der Waals surface area contributed by atoms with Gasteiger partial charge in [-0.1, -0.05) is 26.0 Å². The van der Waals surface area contributed by atoms with Crippen LogP contribution in [0.25, 0.3) is 0 Å². The van der Waals surface area contributed by atoms with Gasteiger partial charge in [-0.25, -0.2) is 0 Å². The van der Waals surface area contributed by atoms with Gasteiger partial charge >= 0.3 is 0 Å². The highest BCUT2D eigenvalue weighted by Gasteiger charge is 1.97. The van der Waals surface area contributed by atoms with E-state index in [4.69, 9.17) is 4.74 Å². The molecule has 1 aromatic rings. The summed E-state index contributed by atoms with van der Waals surface area (Å²) in [7, 11) is 0. The molecule has 0 radical (unpaired) electrons. The molecule has 2 heteroatoms. The number of aryl methyl sites for hydroxylation is 1. The summed E-state index contributed by atoms with van der Waals surface area (Å²) in [6, 6.07) is 8.78. The van der Waals surface area contributed by atoms with Crippen molar-refractivity contribution in [1.29, 1.82) is 0 Å². The molecule has 1 aromatic carbocycles.